The number of nitro groups is 2. The summed E-state index contributed by atoms with van der Waals surface area (Å²) in [6.07, 6.45) is 1.46. The van der Waals surface area contributed by atoms with E-state index in [1.54, 1.807) is 6.92 Å². The minimum Gasteiger partial charge on any atom is -0.461 e. The Hall–Kier alpha value is -3.63. The number of ether oxygens (including phenoxy) is 1. The van der Waals surface area contributed by atoms with Crippen molar-refractivity contribution in [3.8, 4) is 5.69 Å². The Bertz CT molecular complexity index is 843. The molecule has 1 aromatic carbocycles. The van der Waals surface area contributed by atoms with E-state index in [1.165, 1.54) is 0 Å². The number of aldehydes is 1. The molecule has 0 spiro atoms. The lowest BCUT2D eigenvalue weighted by molar-refractivity contribution is -0.394. The fourth-order valence-corrected chi connectivity index (χ4v) is 1.92. The molecule has 0 aliphatic rings. The van der Waals surface area contributed by atoms with Crippen molar-refractivity contribution < 1.29 is 24.2 Å². The van der Waals surface area contributed by atoms with Gasteiger partial charge in [-0.05, 0) is 13.0 Å². The Balaban J connectivity index is 2.60. The zero-order valence-electron chi connectivity index (χ0n) is 12.2. The number of carbonyl (C=O) groups is 2. The van der Waals surface area contributed by atoms with Gasteiger partial charge in [0.15, 0.2) is 12.0 Å². The Morgan fingerprint density at radius 3 is 2.58 bits per heavy atom. The predicted molar refractivity (Wildman–Crippen MR) is 78.2 cm³/mol. The van der Waals surface area contributed by atoms with E-state index < -0.39 is 27.2 Å². The first-order valence-corrected chi connectivity index (χ1v) is 6.54. The molecule has 11 heteroatoms. The smallest absolute Gasteiger partial charge is 0.359 e. The Labute approximate surface area is 133 Å². The summed E-state index contributed by atoms with van der Waals surface area (Å²) in [5.41, 5.74) is -1.64. The van der Waals surface area contributed by atoms with Crippen LogP contribution in [-0.4, -0.2) is 38.5 Å². The Morgan fingerprint density at radius 2 is 2.04 bits per heavy atom. The lowest BCUT2D eigenvalue weighted by atomic mass is 10.2. The highest BCUT2D eigenvalue weighted by atomic mass is 16.6. The van der Waals surface area contributed by atoms with E-state index >= 15 is 0 Å². The molecule has 0 bridgehead atoms. The van der Waals surface area contributed by atoms with Crippen LogP contribution in [-0.2, 0) is 4.74 Å². The number of nitrogens with zero attached hydrogens (tertiary/aromatic N) is 4. The molecule has 1 aromatic heterocycles. The SMILES string of the molecule is CCOC(=O)c1nn(-c2ccc([N+](=O)[O-])cc2[N+](=O)[O-])cc1C=O. The molecule has 0 saturated carbocycles. The van der Waals surface area contributed by atoms with Gasteiger partial charge < -0.3 is 4.74 Å². The first-order chi connectivity index (χ1) is 11.4. The second-order valence-electron chi connectivity index (χ2n) is 4.40. The number of hydrogen-bond acceptors (Lipinski definition) is 8. The molecule has 0 N–H and O–H groups in total. The summed E-state index contributed by atoms with van der Waals surface area (Å²) in [4.78, 5) is 43.1. The second kappa shape index (κ2) is 6.64. The summed E-state index contributed by atoms with van der Waals surface area (Å²) < 4.78 is 5.68. The van der Waals surface area contributed by atoms with Gasteiger partial charge in [0, 0.05) is 12.3 Å². The van der Waals surface area contributed by atoms with Crippen molar-refractivity contribution in [2.45, 2.75) is 6.92 Å². The van der Waals surface area contributed by atoms with Crippen LogP contribution in [0.2, 0.25) is 0 Å². The van der Waals surface area contributed by atoms with E-state index in [2.05, 4.69) is 5.10 Å². The van der Waals surface area contributed by atoms with Gasteiger partial charge in [0.2, 0.25) is 0 Å². The Kier molecular flexibility index (Phi) is 4.63. The topological polar surface area (TPSA) is 147 Å². The van der Waals surface area contributed by atoms with Gasteiger partial charge in [-0.2, -0.15) is 5.10 Å². The second-order valence-corrected chi connectivity index (χ2v) is 4.40. The highest BCUT2D eigenvalue weighted by Crippen LogP contribution is 2.28. The Morgan fingerprint density at radius 1 is 1.33 bits per heavy atom. The fourth-order valence-electron chi connectivity index (χ4n) is 1.92. The maximum Gasteiger partial charge on any atom is 0.359 e. The molecule has 2 rings (SSSR count). The molecular weight excluding hydrogens is 324 g/mol. The molecule has 11 nitrogen and oxygen atoms in total. The molecule has 0 atom stereocenters. The summed E-state index contributed by atoms with van der Waals surface area (Å²) in [6, 6.07) is 2.92. The average molecular weight is 334 g/mol. The quantitative estimate of drug-likeness (QED) is 0.335. The maximum atomic E-state index is 11.8. The fraction of sp³-hybridized carbons (Fsp3) is 0.154. The number of non-ortho nitro benzene ring substituents is 1. The van der Waals surface area contributed by atoms with Crippen molar-refractivity contribution in [3.05, 3.63) is 55.9 Å². The highest BCUT2D eigenvalue weighted by Gasteiger charge is 2.24. The van der Waals surface area contributed by atoms with Crippen molar-refractivity contribution in [2.24, 2.45) is 0 Å². The number of nitro benzene ring substituents is 2. The van der Waals surface area contributed by atoms with Gasteiger partial charge in [0.05, 0.1) is 28.1 Å². The van der Waals surface area contributed by atoms with Crippen molar-refractivity contribution in [1.29, 1.82) is 0 Å². The van der Waals surface area contributed by atoms with Gasteiger partial charge in [0.1, 0.15) is 5.69 Å². The van der Waals surface area contributed by atoms with E-state index in [1.807, 2.05) is 0 Å². The van der Waals surface area contributed by atoms with E-state index in [4.69, 9.17) is 4.74 Å². The minimum atomic E-state index is -0.858. The molecule has 2 aromatic rings. The van der Waals surface area contributed by atoms with Crippen LogP contribution in [0.5, 0.6) is 0 Å². The van der Waals surface area contributed by atoms with Crippen LogP contribution in [0.3, 0.4) is 0 Å². The largest absolute Gasteiger partial charge is 0.461 e. The summed E-state index contributed by atoms with van der Waals surface area (Å²) >= 11 is 0. The van der Waals surface area contributed by atoms with Crippen LogP contribution in [0, 0.1) is 20.2 Å². The third-order valence-corrected chi connectivity index (χ3v) is 2.95. The number of aromatic nitrogens is 2. The lowest BCUT2D eigenvalue weighted by Gasteiger charge is -2.03. The summed E-state index contributed by atoms with van der Waals surface area (Å²) in [7, 11) is 0. The van der Waals surface area contributed by atoms with Crippen LogP contribution in [0.1, 0.15) is 27.8 Å². The van der Waals surface area contributed by atoms with Gasteiger partial charge in [0.25, 0.3) is 5.69 Å². The molecular formula is C13H10N4O7. The van der Waals surface area contributed by atoms with E-state index in [0.29, 0.717) is 6.29 Å². The van der Waals surface area contributed by atoms with Gasteiger partial charge in [-0.15, -0.1) is 0 Å². The summed E-state index contributed by atoms with van der Waals surface area (Å²) in [6.45, 7) is 1.62. The minimum absolute atomic E-state index is 0.0572. The summed E-state index contributed by atoms with van der Waals surface area (Å²) in [5.74, 6) is -0.858. The third-order valence-electron chi connectivity index (χ3n) is 2.95. The van der Waals surface area contributed by atoms with E-state index in [0.717, 1.165) is 29.1 Å². The van der Waals surface area contributed by atoms with Gasteiger partial charge in [-0.25, -0.2) is 9.48 Å². The van der Waals surface area contributed by atoms with Crippen LogP contribution >= 0.6 is 0 Å². The monoisotopic (exact) mass is 334 g/mol. The van der Waals surface area contributed by atoms with Gasteiger partial charge >= 0.3 is 11.7 Å². The zero-order chi connectivity index (χ0) is 17.9. The van der Waals surface area contributed by atoms with Crippen LogP contribution in [0.4, 0.5) is 11.4 Å². The molecule has 24 heavy (non-hydrogen) atoms. The normalized spacial score (nSPS) is 10.2. The molecule has 0 amide bonds. The van der Waals surface area contributed by atoms with Crippen LogP contribution in [0.25, 0.3) is 5.69 Å². The standard InChI is InChI=1S/C13H10N4O7/c1-2-24-13(19)12-8(7-18)6-15(14-12)10-4-3-9(16(20)21)5-11(10)17(22)23/h3-7H,2H2,1H3. The van der Waals surface area contributed by atoms with Gasteiger partial charge in [-0.3, -0.25) is 25.0 Å². The average Bonchev–Trinajstić information content (AvgIpc) is 2.98. The molecule has 0 fully saturated rings. The van der Waals surface area contributed by atoms with Crippen LogP contribution < -0.4 is 0 Å². The lowest BCUT2D eigenvalue weighted by Crippen LogP contribution is -2.09. The highest BCUT2D eigenvalue weighted by molar-refractivity contribution is 5.96. The predicted octanol–water partition coefficient (Wildman–Crippen LogP) is 1.68. The zero-order valence-corrected chi connectivity index (χ0v) is 12.2. The summed E-state index contributed by atoms with van der Waals surface area (Å²) in [5, 5.41) is 25.7. The maximum absolute atomic E-state index is 11.8. The number of rotatable bonds is 6. The molecule has 0 aliphatic carbocycles. The molecule has 0 aliphatic heterocycles. The van der Waals surface area contributed by atoms with Crippen LogP contribution in [0.15, 0.2) is 24.4 Å². The number of hydrogen-bond donors (Lipinski definition) is 0. The van der Waals surface area contributed by atoms with E-state index in [-0.39, 0.29) is 23.6 Å². The van der Waals surface area contributed by atoms with Crippen molar-refractivity contribution in [1.82, 2.24) is 9.78 Å². The molecule has 0 unspecified atom stereocenters. The first kappa shape index (κ1) is 16.7. The van der Waals surface area contributed by atoms with Crippen molar-refractivity contribution in [2.75, 3.05) is 6.61 Å². The van der Waals surface area contributed by atoms with Crippen molar-refractivity contribution in [3.63, 3.8) is 0 Å². The molecule has 0 radical (unpaired) electrons. The number of benzene rings is 1. The third kappa shape index (κ3) is 3.09. The number of carbonyl (C=O) groups excluding carboxylic acids is 2. The van der Waals surface area contributed by atoms with Gasteiger partial charge in [-0.1, -0.05) is 0 Å². The molecule has 0 saturated heterocycles. The molecule has 1 heterocycles. The van der Waals surface area contributed by atoms with E-state index in [9.17, 15) is 29.8 Å². The van der Waals surface area contributed by atoms with Crippen molar-refractivity contribution >= 4 is 23.6 Å². The number of esters is 1. The first-order valence-electron chi connectivity index (χ1n) is 6.54. The molecule has 124 valence electrons.